The van der Waals surface area contributed by atoms with E-state index >= 15 is 0 Å². The minimum Gasteiger partial charge on any atom is -0.467 e. The van der Waals surface area contributed by atoms with Gasteiger partial charge in [0, 0.05) is 6.54 Å². The fourth-order valence-corrected chi connectivity index (χ4v) is 2.83. The van der Waals surface area contributed by atoms with Crippen LogP contribution in [0.25, 0.3) is 0 Å². The molecule has 2 aromatic rings. The number of nitrogens with zero attached hydrogens (tertiary/aromatic N) is 1. The van der Waals surface area contributed by atoms with E-state index in [1.54, 1.807) is 18.4 Å². The number of nitrogens with one attached hydrogen (secondary N) is 1. The van der Waals surface area contributed by atoms with Crippen LogP contribution in [0, 0.1) is 0 Å². The fraction of sp³-hybridized carbons (Fsp3) is 0.286. The zero-order chi connectivity index (χ0) is 15.5. The van der Waals surface area contributed by atoms with Crippen molar-refractivity contribution in [2.24, 2.45) is 0 Å². The van der Waals surface area contributed by atoms with E-state index < -0.39 is 10.0 Å². The zero-order valence-electron chi connectivity index (χ0n) is 12.0. The second kappa shape index (κ2) is 6.19. The first kappa shape index (κ1) is 15.4. The van der Waals surface area contributed by atoms with Gasteiger partial charge in [0.1, 0.15) is 5.76 Å². The lowest BCUT2D eigenvalue weighted by Gasteiger charge is -2.24. The molecule has 0 aliphatic rings. The first-order valence-corrected chi connectivity index (χ1v) is 8.06. The fourth-order valence-electron chi connectivity index (χ4n) is 2.06. The molecule has 0 radical (unpaired) electrons. The Balaban J connectivity index is 2.31. The van der Waals surface area contributed by atoms with Crippen LogP contribution in [0.2, 0.25) is 0 Å². The van der Waals surface area contributed by atoms with Crippen LogP contribution in [0.15, 0.2) is 45.9 Å². The van der Waals surface area contributed by atoms with E-state index in [2.05, 4.69) is 4.72 Å². The van der Waals surface area contributed by atoms with Crippen LogP contribution < -0.4 is 15.4 Å². The van der Waals surface area contributed by atoms with Crippen LogP contribution in [0.1, 0.15) is 12.7 Å². The molecule has 0 aliphatic carbocycles. The van der Waals surface area contributed by atoms with Gasteiger partial charge < -0.3 is 15.1 Å². The average molecular weight is 309 g/mol. The molecule has 6 nitrogen and oxygen atoms in total. The molecule has 2 rings (SSSR count). The van der Waals surface area contributed by atoms with Crippen molar-refractivity contribution in [2.75, 3.05) is 24.2 Å². The number of furan rings is 1. The maximum absolute atomic E-state index is 11.8. The van der Waals surface area contributed by atoms with Crippen LogP contribution in [-0.2, 0) is 16.6 Å². The highest BCUT2D eigenvalue weighted by Gasteiger charge is 2.16. The Morgan fingerprint density at radius 2 is 2.10 bits per heavy atom. The molecule has 0 saturated heterocycles. The summed E-state index contributed by atoms with van der Waals surface area (Å²) in [6.07, 6.45) is 1.62. The molecule has 0 amide bonds. The highest BCUT2D eigenvalue weighted by Crippen LogP contribution is 2.27. The molecule has 0 aliphatic heterocycles. The van der Waals surface area contributed by atoms with Gasteiger partial charge in [-0.2, -0.15) is 0 Å². The Labute approximate surface area is 124 Å². The predicted molar refractivity (Wildman–Crippen MR) is 82.5 cm³/mol. The van der Waals surface area contributed by atoms with Crippen molar-refractivity contribution in [1.82, 2.24) is 4.72 Å². The monoisotopic (exact) mass is 309 g/mol. The largest absolute Gasteiger partial charge is 0.467 e. The second-order valence-electron chi connectivity index (χ2n) is 4.52. The molecule has 0 bridgehead atoms. The smallest absolute Gasteiger partial charge is 0.240 e. The third kappa shape index (κ3) is 3.37. The van der Waals surface area contributed by atoms with E-state index in [1.807, 2.05) is 24.0 Å². The number of rotatable bonds is 6. The molecular weight excluding hydrogens is 290 g/mol. The van der Waals surface area contributed by atoms with Crippen LogP contribution >= 0.6 is 0 Å². The van der Waals surface area contributed by atoms with Crippen molar-refractivity contribution in [3.05, 3.63) is 42.4 Å². The van der Waals surface area contributed by atoms with Gasteiger partial charge in [0.2, 0.25) is 10.0 Å². The summed E-state index contributed by atoms with van der Waals surface area (Å²) in [5.41, 5.74) is 7.21. The molecule has 0 saturated carbocycles. The summed E-state index contributed by atoms with van der Waals surface area (Å²) in [5.74, 6) is 0.822. The molecule has 21 heavy (non-hydrogen) atoms. The normalized spacial score (nSPS) is 11.5. The summed E-state index contributed by atoms with van der Waals surface area (Å²) in [7, 11) is -2.12. The molecule has 1 aromatic carbocycles. The second-order valence-corrected chi connectivity index (χ2v) is 6.41. The van der Waals surface area contributed by atoms with Crippen molar-refractivity contribution in [1.29, 1.82) is 0 Å². The van der Waals surface area contributed by atoms with Gasteiger partial charge in [0.05, 0.1) is 29.1 Å². The molecule has 1 heterocycles. The van der Waals surface area contributed by atoms with E-state index in [4.69, 9.17) is 10.2 Å². The van der Waals surface area contributed by atoms with Crippen molar-refractivity contribution < 1.29 is 12.8 Å². The Hall–Kier alpha value is -1.99. The van der Waals surface area contributed by atoms with Crippen molar-refractivity contribution in [2.45, 2.75) is 18.4 Å². The van der Waals surface area contributed by atoms with Gasteiger partial charge in [-0.3, -0.25) is 0 Å². The minimum atomic E-state index is -3.49. The van der Waals surface area contributed by atoms with E-state index in [9.17, 15) is 8.42 Å². The first-order valence-electron chi connectivity index (χ1n) is 6.58. The number of sulfonamides is 1. The average Bonchev–Trinajstić information content (AvgIpc) is 2.98. The van der Waals surface area contributed by atoms with Crippen LogP contribution in [0.5, 0.6) is 0 Å². The first-order chi connectivity index (χ1) is 9.97. The summed E-state index contributed by atoms with van der Waals surface area (Å²) >= 11 is 0. The maximum Gasteiger partial charge on any atom is 0.240 e. The highest BCUT2D eigenvalue weighted by molar-refractivity contribution is 7.89. The van der Waals surface area contributed by atoms with Gasteiger partial charge in [-0.05, 0) is 44.3 Å². The SMILES string of the molecule is CCN(Cc1ccco1)c1ccc(S(=O)(=O)NC)cc1N. The molecule has 114 valence electrons. The molecule has 1 aromatic heterocycles. The maximum atomic E-state index is 11.8. The molecule has 3 N–H and O–H groups in total. The van der Waals surface area contributed by atoms with E-state index in [0.29, 0.717) is 12.2 Å². The Kier molecular flexibility index (Phi) is 4.54. The van der Waals surface area contributed by atoms with Gasteiger partial charge in [0.25, 0.3) is 0 Å². The lowest BCUT2D eigenvalue weighted by atomic mass is 10.2. The Morgan fingerprint density at radius 1 is 1.33 bits per heavy atom. The standard InChI is InChI=1S/C14H19N3O3S/c1-3-17(10-11-5-4-8-20-11)14-7-6-12(9-13(14)15)21(18,19)16-2/h4-9,16H,3,10,15H2,1-2H3. The summed E-state index contributed by atoms with van der Waals surface area (Å²) < 4.78 is 31.1. The molecule has 0 fully saturated rings. The third-order valence-electron chi connectivity index (χ3n) is 3.23. The lowest BCUT2D eigenvalue weighted by Crippen LogP contribution is -2.23. The van der Waals surface area contributed by atoms with Crippen molar-refractivity contribution in [3.8, 4) is 0 Å². The van der Waals surface area contributed by atoms with E-state index in [1.165, 1.54) is 13.1 Å². The summed E-state index contributed by atoms with van der Waals surface area (Å²) in [5, 5.41) is 0. The number of benzene rings is 1. The number of hydrogen-bond donors (Lipinski definition) is 2. The number of nitrogens with two attached hydrogens (primary N) is 1. The molecule has 0 unspecified atom stereocenters. The van der Waals surface area contributed by atoms with E-state index in [0.717, 1.165) is 18.0 Å². The van der Waals surface area contributed by atoms with E-state index in [-0.39, 0.29) is 4.90 Å². The number of hydrogen-bond acceptors (Lipinski definition) is 5. The van der Waals surface area contributed by atoms with Crippen molar-refractivity contribution >= 4 is 21.4 Å². The summed E-state index contributed by atoms with van der Waals surface area (Å²) in [6.45, 7) is 3.30. The number of nitrogen functional groups attached to an aromatic ring is 1. The molecule has 0 atom stereocenters. The third-order valence-corrected chi connectivity index (χ3v) is 4.64. The van der Waals surface area contributed by atoms with Gasteiger partial charge in [-0.1, -0.05) is 0 Å². The minimum absolute atomic E-state index is 0.153. The Morgan fingerprint density at radius 3 is 2.62 bits per heavy atom. The number of anilines is 2. The molecular formula is C14H19N3O3S. The highest BCUT2D eigenvalue weighted by atomic mass is 32.2. The van der Waals surface area contributed by atoms with Crippen molar-refractivity contribution in [3.63, 3.8) is 0 Å². The van der Waals surface area contributed by atoms with Gasteiger partial charge in [0.15, 0.2) is 0 Å². The molecule has 0 spiro atoms. The van der Waals surface area contributed by atoms with Gasteiger partial charge in [-0.15, -0.1) is 0 Å². The van der Waals surface area contributed by atoms with Gasteiger partial charge >= 0.3 is 0 Å². The van der Waals surface area contributed by atoms with Crippen LogP contribution in [0.3, 0.4) is 0 Å². The topological polar surface area (TPSA) is 88.6 Å². The zero-order valence-corrected chi connectivity index (χ0v) is 12.9. The quantitative estimate of drug-likeness (QED) is 0.794. The van der Waals surface area contributed by atoms with Crippen LogP contribution in [-0.4, -0.2) is 22.0 Å². The predicted octanol–water partition coefficient (Wildman–Crippen LogP) is 1.80. The van der Waals surface area contributed by atoms with Crippen LogP contribution in [0.4, 0.5) is 11.4 Å². The lowest BCUT2D eigenvalue weighted by molar-refractivity contribution is 0.504. The summed E-state index contributed by atoms with van der Waals surface area (Å²) in [6, 6.07) is 8.44. The molecule has 7 heteroatoms. The van der Waals surface area contributed by atoms with Gasteiger partial charge in [-0.25, -0.2) is 13.1 Å². The summed E-state index contributed by atoms with van der Waals surface area (Å²) in [4.78, 5) is 2.17. The Bertz CT molecular complexity index is 696.